The monoisotopic (exact) mass is 361 g/mol. The van der Waals surface area contributed by atoms with Crippen molar-refractivity contribution in [3.8, 4) is 0 Å². The van der Waals surface area contributed by atoms with Crippen molar-refractivity contribution < 1.29 is 0 Å². The molecular formula is C16H16BrN3S. The number of aryl methyl sites for hydroxylation is 1. The van der Waals surface area contributed by atoms with Gasteiger partial charge in [-0.15, -0.1) is 11.3 Å². The minimum atomic E-state index is 0.832. The van der Waals surface area contributed by atoms with Gasteiger partial charge in [-0.1, -0.05) is 40.2 Å². The van der Waals surface area contributed by atoms with Crippen molar-refractivity contribution in [1.29, 1.82) is 0 Å². The van der Waals surface area contributed by atoms with Crippen LogP contribution in [0.5, 0.6) is 0 Å². The Bertz CT molecular complexity index is 777. The Balaban J connectivity index is 1.76. The number of thiazole rings is 1. The first-order valence-corrected chi connectivity index (χ1v) is 9.19. The summed E-state index contributed by atoms with van der Waals surface area (Å²) in [6.07, 6.45) is 4.46. The van der Waals surface area contributed by atoms with Gasteiger partial charge in [0.25, 0.3) is 0 Å². The Morgan fingerprint density at radius 1 is 1.24 bits per heavy atom. The molecule has 1 aliphatic rings. The largest absolute Gasteiger partial charge is 0.351 e. The summed E-state index contributed by atoms with van der Waals surface area (Å²) in [5.74, 6) is 1.13. The maximum atomic E-state index is 4.86. The molecule has 0 bridgehead atoms. The van der Waals surface area contributed by atoms with E-state index in [1.54, 1.807) is 11.3 Å². The van der Waals surface area contributed by atoms with Crippen LogP contribution in [0.15, 0.2) is 35.8 Å². The van der Waals surface area contributed by atoms with Crippen LogP contribution in [-0.4, -0.2) is 15.9 Å². The van der Waals surface area contributed by atoms with Crippen LogP contribution >= 0.6 is 27.3 Å². The second kappa shape index (κ2) is 5.46. The van der Waals surface area contributed by atoms with E-state index in [4.69, 9.17) is 4.98 Å². The smallest absolute Gasteiger partial charge is 0.195 e. The predicted molar refractivity (Wildman–Crippen MR) is 91.5 cm³/mol. The summed E-state index contributed by atoms with van der Waals surface area (Å²) >= 11 is 5.33. The Kier molecular flexibility index (Phi) is 3.47. The van der Waals surface area contributed by atoms with Crippen molar-refractivity contribution in [3.63, 3.8) is 0 Å². The fourth-order valence-electron chi connectivity index (χ4n) is 3.08. The molecule has 0 fully saturated rings. The maximum absolute atomic E-state index is 4.86. The fraction of sp³-hybridized carbons (Fsp3) is 0.312. The Morgan fingerprint density at radius 2 is 2.10 bits per heavy atom. The molecule has 0 amide bonds. The van der Waals surface area contributed by atoms with Crippen LogP contribution in [0.2, 0.25) is 0 Å². The number of anilines is 1. The molecule has 3 aromatic rings. The van der Waals surface area contributed by atoms with Gasteiger partial charge in [0.1, 0.15) is 0 Å². The Labute approximate surface area is 136 Å². The third-order valence-corrected chi connectivity index (χ3v) is 5.41. The number of rotatable bonds is 2. The molecule has 0 radical (unpaired) electrons. The predicted octanol–water partition coefficient (Wildman–Crippen LogP) is 4.24. The van der Waals surface area contributed by atoms with Gasteiger partial charge in [-0.05, 0) is 24.0 Å². The maximum Gasteiger partial charge on any atom is 0.195 e. The van der Waals surface area contributed by atoms with Crippen LogP contribution < -0.4 is 4.90 Å². The molecule has 5 heteroatoms. The molecule has 1 aromatic carbocycles. The summed E-state index contributed by atoms with van der Waals surface area (Å²) in [6.45, 7) is 2.03. The molecular weight excluding hydrogens is 346 g/mol. The van der Waals surface area contributed by atoms with Gasteiger partial charge in [0.15, 0.2) is 10.8 Å². The summed E-state index contributed by atoms with van der Waals surface area (Å²) in [5.41, 5.74) is 4.18. The molecule has 0 N–H and O–H groups in total. The number of aromatic nitrogens is 2. The lowest BCUT2D eigenvalue weighted by atomic mass is 10.0. The van der Waals surface area contributed by atoms with Gasteiger partial charge >= 0.3 is 0 Å². The van der Waals surface area contributed by atoms with Crippen molar-refractivity contribution in [1.82, 2.24) is 9.38 Å². The summed E-state index contributed by atoms with van der Waals surface area (Å²) < 4.78 is 2.20. The first kappa shape index (κ1) is 13.3. The van der Waals surface area contributed by atoms with E-state index in [0.29, 0.717) is 0 Å². The van der Waals surface area contributed by atoms with Gasteiger partial charge < -0.3 is 4.90 Å². The molecule has 21 heavy (non-hydrogen) atoms. The van der Waals surface area contributed by atoms with Crippen LogP contribution in [0.4, 0.5) is 5.82 Å². The number of hydrogen-bond donors (Lipinski definition) is 0. The molecule has 0 saturated heterocycles. The molecule has 0 spiro atoms. The zero-order chi connectivity index (χ0) is 14.2. The lowest BCUT2D eigenvalue weighted by Crippen LogP contribution is -2.24. The highest BCUT2D eigenvalue weighted by Crippen LogP contribution is 2.30. The zero-order valence-corrected chi connectivity index (χ0v) is 14.0. The van der Waals surface area contributed by atoms with E-state index in [1.165, 1.54) is 29.7 Å². The van der Waals surface area contributed by atoms with Gasteiger partial charge in [-0.25, -0.2) is 4.98 Å². The number of hydrogen-bond acceptors (Lipinski definition) is 3. The van der Waals surface area contributed by atoms with Gasteiger partial charge in [0, 0.05) is 30.0 Å². The average molecular weight is 362 g/mol. The molecule has 0 saturated carbocycles. The van der Waals surface area contributed by atoms with Crippen LogP contribution in [0, 0.1) is 0 Å². The van der Waals surface area contributed by atoms with Crippen molar-refractivity contribution in [2.45, 2.75) is 24.7 Å². The SMILES string of the molecule is BrCc1c(N2CCCc3ccccc3C2)nc2sccn12. The highest BCUT2D eigenvalue weighted by molar-refractivity contribution is 9.08. The zero-order valence-electron chi connectivity index (χ0n) is 11.6. The van der Waals surface area contributed by atoms with Crippen molar-refractivity contribution in [2.75, 3.05) is 11.4 Å². The standard InChI is InChI=1S/C16H16BrN3S/c17-10-14-15(18-16-20(14)8-9-21-16)19-7-3-6-12-4-1-2-5-13(12)11-19/h1-2,4-5,8-9H,3,6-7,10-11H2. The highest BCUT2D eigenvalue weighted by atomic mass is 79.9. The highest BCUT2D eigenvalue weighted by Gasteiger charge is 2.21. The summed E-state index contributed by atoms with van der Waals surface area (Å²) in [6, 6.07) is 8.79. The van der Waals surface area contributed by atoms with Gasteiger partial charge in [-0.2, -0.15) is 0 Å². The lowest BCUT2D eigenvalue weighted by Gasteiger charge is -2.21. The van der Waals surface area contributed by atoms with Crippen LogP contribution in [0.1, 0.15) is 23.2 Å². The molecule has 108 valence electrons. The number of benzene rings is 1. The van der Waals surface area contributed by atoms with Gasteiger partial charge in [-0.3, -0.25) is 4.40 Å². The van der Waals surface area contributed by atoms with E-state index in [1.807, 2.05) is 0 Å². The van der Waals surface area contributed by atoms with E-state index >= 15 is 0 Å². The number of nitrogens with zero attached hydrogens (tertiary/aromatic N) is 3. The summed E-state index contributed by atoms with van der Waals surface area (Å²) in [7, 11) is 0. The van der Waals surface area contributed by atoms with Gasteiger partial charge in [0.05, 0.1) is 5.69 Å². The molecule has 3 nitrogen and oxygen atoms in total. The third-order valence-electron chi connectivity index (χ3n) is 4.12. The minimum absolute atomic E-state index is 0.832. The fourth-order valence-corrected chi connectivity index (χ4v) is 4.33. The van der Waals surface area contributed by atoms with E-state index in [0.717, 1.165) is 29.2 Å². The van der Waals surface area contributed by atoms with Crippen LogP contribution in [0.3, 0.4) is 0 Å². The molecule has 0 aliphatic carbocycles. The van der Waals surface area contributed by atoms with Crippen molar-refractivity contribution in [3.05, 3.63) is 52.7 Å². The normalized spacial score (nSPS) is 15.2. The first-order chi connectivity index (χ1) is 10.4. The lowest BCUT2D eigenvalue weighted by molar-refractivity contribution is 0.754. The number of halogens is 1. The molecule has 4 rings (SSSR count). The Morgan fingerprint density at radius 3 is 2.95 bits per heavy atom. The van der Waals surface area contributed by atoms with E-state index in [9.17, 15) is 0 Å². The average Bonchev–Trinajstić information content (AvgIpc) is 3.01. The Hall–Kier alpha value is -1.33. The van der Waals surface area contributed by atoms with Crippen molar-refractivity contribution in [2.24, 2.45) is 0 Å². The number of imidazole rings is 1. The third kappa shape index (κ3) is 2.28. The summed E-state index contributed by atoms with van der Waals surface area (Å²) in [4.78, 5) is 8.37. The topological polar surface area (TPSA) is 20.5 Å². The molecule has 3 heterocycles. The van der Waals surface area contributed by atoms with Crippen LogP contribution in [0.25, 0.3) is 4.96 Å². The molecule has 0 atom stereocenters. The first-order valence-electron chi connectivity index (χ1n) is 7.19. The van der Waals surface area contributed by atoms with E-state index in [-0.39, 0.29) is 0 Å². The van der Waals surface area contributed by atoms with E-state index in [2.05, 4.69) is 61.1 Å². The van der Waals surface area contributed by atoms with E-state index < -0.39 is 0 Å². The quantitative estimate of drug-likeness (QED) is 0.636. The molecule has 1 aliphatic heterocycles. The van der Waals surface area contributed by atoms with Crippen LogP contribution in [-0.2, 0) is 18.3 Å². The number of fused-ring (bicyclic) bond motifs is 2. The number of alkyl halides is 1. The van der Waals surface area contributed by atoms with Gasteiger partial charge in [0.2, 0.25) is 0 Å². The summed E-state index contributed by atoms with van der Waals surface area (Å²) in [5, 5.41) is 2.92. The second-order valence-corrected chi connectivity index (χ2v) is 6.80. The molecule has 0 unspecified atom stereocenters. The molecule has 2 aromatic heterocycles. The van der Waals surface area contributed by atoms with Crippen molar-refractivity contribution >= 4 is 38.0 Å². The second-order valence-electron chi connectivity index (χ2n) is 5.37. The minimum Gasteiger partial charge on any atom is -0.351 e.